The number of hydrazine groups is 1. The smallest absolute Gasteiger partial charge is 0.237 e. The molecule has 0 spiro atoms. The van der Waals surface area contributed by atoms with Crippen LogP contribution in [0.5, 0.6) is 0 Å². The zero-order chi connectivity index (χ0) is 11.0. The van der Waals surface area contributed by atoms with Gasteiger partial charge in [0.2, 0.25) is 5.91 Å². The molecule has 1 saturated carbocycles. The van der Waals surface area contributed by atoms with Crippen molar-refractivity contribution in [1.29, 1.82) is 0 Å². The van der Waals surface area contributed by atoms with E-state index in [1.165, 1.54) is 25.7 Å². The van der Waals surface area contributed by atoms with Crippen molar-refractivity contribution in [3.8, 4) is 0 Å². The normalized spacial score (nSPS) is 33.1. The Labute approximate surface area is 96.9 Å². The van der Waals surface area contributed by atoms with Crippen molar-refractivity contribution in [1.82, 2.24) is 15.3 Å². The third kappa shape index (κ3) is 1.74. The van der Waals surface area contributed by atoms with Gasteiger partial charge in [-0.1, -0.05) is 0 Å². The highest BCUT2D eigenvalue weighted by atomic mass is 16.2. The number of nitrogens with zero attached hydrogens (tertiary/aromatic N) is 2. The lowest BCUT2D eigenvalue weighted by Crippen LogP contribution is -2.60. The third-order valence-electron chi connectivity index (χ3n) is 4.19. The van der Waals surface area contributed by atoms with Crippen LogP contribution in [-0.2, 0) is 4.79 Å². The van der Waals surface area contributed by atoms with Gasteiger partial charge in [0.15, 0.2) is 0 Å². The summed E-state index contributed by atoms with van der Waals surface area (Å²) in [5.41, 5.74) is 0. The maximum absolute atomic E-state index is 12.1. The highest BCUT2D eigenvalue weighted by Gasteiger charge is 2.38. The van der Waals surface area contributed by atoms with Crippen LogP contribution >= 0.6 is 0 Å². The predicted octanol–water partition coefficient (Wildman–Crippen LogP) is 0.740. The summed E-state index contributed by atoms with van der Waals surface area (Å²) in [4.78, 5) is 12.1. The highest BCUT2D eigenvalue weighted by Crippen LogP contribution is 2.31. The Kier molecular flexibility index (Phi) is 2.86. The van der Waals surface area contributed by atoms with Gasteiger partial charge in [0, 0.05) is 31.6 Å². The first-order valence-electron chi connectivity index (χ1n) is 6.65. The largest absolute Gasteiger partial charge is 0.315 e. The summed E-state index contributed by atoms with van der Waals surface area (Å²) in [7, 11) is 0. The number of hydrogen-bond donors (Lipinski definition) is 1. The molecule has 4 heteroatoms. The minimum absolute atomic E-state index is 0.364. The molecule has 3 rings (SSSR count). The van der Waals surface area contributed by atoms with Crippen LogP contribution in [0.1, 0.15) is 38.5 Å². The van der Waals surface area contributed by atoms with Crippen molar-refractivity contribution in [2.75, 3.05) is 19.6 Å². The first-order valence-corrected chi connectivity index (χ1v) is 6.65. The van der Waals surface area contributed by atoms with Crippen LogP contribution in [0.4, 0.5) is 0 Å². The number of carbonyl (C=O) groups is 1. The van der Waals surface area contributed by atoms with Gasteiger partial charge in [-0.05, 0) is 38.6 Å². The zero-order valence-corrected chi connectivity index (χ0v) is 9.82. The molecule has 0 aromatic heterocycles. The van der Waals surface area contributed by atoms with Crippen molar-refractivity contribution in [3.05, 3.63) is 0 Å². The first-order chi connectivity index (χ1) is 7.86. The lowest BCUT2D eigenvalue weighted by atomic mass is 9.91. The van der Waals surface area contributed by atoms with E-state index < -0.39 is 0 Å². The molecule has 1 unspecified atom stereocenters. The fraction of sp³-hybridized carbons (Fsp3) is 0.917. The van der Waals surface area contributed by atoms with Gasteiger partial charge in [0.1, 0.15) is 0 Å². The Morgan fingerprint density at radius 3 is 2.62 bits per heavy atom. The minimum Gasteiger partial charge on any atom is -0.315 e. The number of nitrogens with one attached hydrogen (secondary N) is 1. The van der Waals surface area contributed by atoms with Crippen molar-refractivity contribution in [3.63, 3.8) is 0 Å². The van der Waals surface area contributed by atoms with Gasteiger partial charge in [0.25, 0.3) is 0 Å². The molecule has 0 bridgehead atoms. The molecule has 1 atom stereocenters. The van der Waals surface area contributed by atoms with E-state index in [0.29, 0.717) is 18.0 Å². The molecule has 2 heterocycles. The molecule has 0 aromatic rings. The molecule has 1 N–H and O–H groups in total. The van der Waals surface area contributed by atoms with Crippen molar-refractivity contribution >= 4 is 5.91 Å². The van der Waals surface area contributed by atoms with Crippen LogP contribution in [-0.4, -0.2) is 47.6 Å². The standard InChI is InChI=1S/C12H21N3O/c16-12-5-2-8-14(11-6-7-13-9-11)15(12)10-3-1-4-10/h10-11,13H,1-9H2. The number of amides is 1. The second kappa shape index (κ2) is 4.34. The maximum Gasteiger partial charge on any atom is 0.237 e. The zero-order valence-electron chi connectivity index (χ0n) is 9.82. The van der Waals surface area contributed by atoms with Crippen molar-refractivity contribution < 1.29 is 4.79 Å². The summed E-state index contributed by atoms with van der Waals surface area (Å²) in [6, 6.07) is 1.08. The molecule has 3 fully saturated rings. The molecular formula is C12H21N3O. The number of rotatable bonds is 2. The molecular weight excluding hydrogens is 202 g/mol. The van der Waals surface area contributed by atoms with Crippen LogP contribution in [0.3, 0.4) is 0 Å². The van der Waals surface area contributed by atoms with Gasteiger partial charge >= 0.3 is 0 Å². The summed E-state index contributed by atoms with van der Waals surface area (Å²) in [6.07, 6.45) is 6.71. The quantitative estimate of drug-likeness (QED) is 0.750. The summed E-state index contributed by atoms with van der Waals surface area (Å²) in [6.45, 7) is 3.24. The fourth-order valence-electron chi connectivity index (χ4n) is 3.05. The Bertz CT molecular complexity index is 271. The van der Waals surface area contributed by atoms with E-state index in [2.05, 4.69) is 15.3 Å². The predicted molar refractivity (Wildman–Crippen MR) is 61.7 cm³/mol. The van der Waals surface area contributed by atoms with Crippen LogP contribution < -0.4 is 5.32 Å². The van der Waals surface area contributed by atoms with E-state index in [9.17, 15) is 4.79 Å². The molecule has 0 radical (unpaired) electrons. The molecule has 90 valence electrons. The average molecular weight is 223 g/mol. The van der Waals surface area contributed by atoms with Crippen LogP contribution in [0, 0.1) is 0 Å². The van der Waals surface area contributed by atoms with Gasteiger partial charge < -0.3 is 5.32 Å². The average Bonchev–Trinajstić information content (AvgIpc) is 2.71. The summed E-state index contributed by atoms with van der Waals surface area (Å²) >= 11 is 0. The SMILES string of the molecule is O=C1CCCN(C2CCNC2)N1C1CCC1. The Hall–Kier alpha value is -0.610. The molecule has 2 aliphatic heterocycles. The van der Waals surface area contributed by atoms with Crippen molar-refractivity contribution in [2.24, 2.45) is 0 Å². The molecule has 0 aromatic carbocycles. The van der Waals surface area contributed by atoms with Gasteiger partial charge in [-0.25, -0.2) is 5.01 Å². The highest BCUT2D eigenvalue weighted by molar-refractivity contribution is 5.76. The van der Waals surface area contributed by atoms with Crippen LogP contribution in [0.2, 0.25) is 0 Å². The lowest BCUT2D eigenvalue weighted by molar-refractivity contribution is -0.173. The Balaban J connectivity index is 1.74. The monoisotopic (exact) mass is 223 g/mol. The van der Waals surface area contributed by atoms with E-state index >= 15 is 0 Å². The van der Waals surface area contributed by atoms with Crippen LogP contribution in [0.25, 0.3) is 0 Å². The lowest BCUT2D eigenvalue weighted by Gasteiger charge is -2.48. The first kappa shape index (κ1) is 10.5. The summed E-state index contributed by atoms with van der Waals surface area (Å²) in [5, 5.41) is 7.89. The van der Waals surface area contributed by atoms with Gasteiger partial charge in [-0.3, -0.25) is 9.80 Å². The molecule has 1 aliphatic carbocycles. The molecule has 16 heavy (non-hydrogen) atoms. The van der Waals surface area contributed by atoms with Crippen LogP contribution in [0.15, 0.2) is 0 Å². The van der Waals surface area contributed by atoms with Gasteiger partial charge in [-0.2, -0.15) is 0 Å². The van der Waals surface area contributed by atoms with Gasteiger partial charge in [-0.15, -0.1) is 0 Å². The van der Waals surface area contributed by atoms with E-state index in [-0.39, 0.29) is 0 Å². The fourth-order valence-corrected chi connectivity index (χ4v) is 3.05. The molecule has 4 nitrogen and oxygen atoms in total. The molecule has 1 amide bonds. The minimum atomic E-state index is 0.364. The molecule has 2 saturated heterocycles. The molecule has 3 aliphatic rings. The van der Waals surface area contributed by atoms with E-state index in [1.54, 1.807) is 0 Å². The summed E-state index contributed by atoms with van der Waals surface area (Å²) < 4.78 is 0. The Morgan fingerprint density at radius 2 is 2.00 bits per heavy atom. The van der Waals surface area contributed by atoms with Crippen molar-refractivity contribution in [2.45, 2.75) is 50.6 Å². The van der Waals surface area contributed by atoms with E-state index in [1.807, 2.05) is 0 Å². The van der Waals surface area contributed by atoms with E-state index in [4.69, 9.17) is 0 Å². The van der Waals surface area contributed by atoms with E-state index in [0.717, 1.165) is 32.5 Å². The van der Waals surface area contributed by atoms with Gasteiger partial charge in [0.05, 0.1) is 0 Å². The topological polar surface area (TPSA) is 35.6 Å². The number of hydrogen-bond acceptors (Lipinski definition) is 3. The summed E-state index contributed by atoms with van der Waals surface area (Å²) in [5.74, 6) is 0.364. The third-order valence-corrected chi connectivity index (χ3v) is 4.19. The number of carbonyl (C=O) groups excluding carboxylic acids is 1. The maximum atomic E-state index is 12.1. The second-order valence-corrected chi connectivity index (χ2v) is 5.24. The second-order valence-electron chi connectivity index (χ2n) is 5.24. The Morgan fingerprint density at radius 1 is 1.12 bits per heavy atom.